The molecular formula is C14H19FN2O3S. The van der Waals surface area contributed by atoms with E-state index < -0.39 is 26.6 Å². The second kappa shape index (κ2) is 6.11. The van der Waals surface area contributed by atoms with Crippen LogP contribution in [-0.4, -0.2) is 20.9 Å². The number of nitrogens with two attached hydrogens (primary N) is 1. The molecule has 7 heteroatoms. The lowest BCUT2D eigenvalue weighted by molar-refractivity contribution is 0.0952. The molecular weight excluding hydrogens is 295 g/mol. The van der Waals surface area contributed by atoms with Crippen LogP contribution in [0.3, 0.4) is 0 Å². The highest BCUT2D eigenvalue weighted by Crippen LogP contribution is 2.33. The van der Waals surface area contributed by atoms with E-state index in [2.05, 4.69) is 5.32 Å². The Morgan fingerprint density at radius 2 is 2.10 bits per heavy atom. The maximum Gasteiger partial charge on any atom is 0.251 e. The Morgan fingerprint density at radius 1 is 1.43 bits per heavy atom. The topological polar surface area (TPSA) is 89.3 Å². The van der Waals surface area contributed by atoms with Gasteiger partial charge in [-0.3, -0.25) is 4.79 Å². The van der Waals surface area contributed by atoms with E-state index in [1.807, 2.05) is 0 Å². The molecule has 0 aromatic heterocycles. The van der Waals surface area contributed by atoms with Gasteiger partial charge in [-0.1, -0.05) is 12.8 Å². The lowest BCUT2D eigenvalue weighted by Crippen LogP contribution is -2.25. The summed E-state index contributed by atoms with van der Waals surface area (Å²) in [7, 11) is -4.20. The molecule has 0 heterocycles. The Bertz CT molecular complexity index is 654. The van der Waals surface area contributed by atoms with Crippen LogP contribution < -0.4 is 10.5 Å². The first-order chi connectivity index (χ1) is 9.79. The van der Waals surface area contributed by atoms with Crippen LogP contribution in [0.25, 0.3) is 0 Å². The Morgan fingerprint density at radius 3 is 2.67 bits per heavy atom. The molecule has 0 unspecified atom stereocenters. The van der Waals surface area contributed by atoms with Crippen molar-refractivity contribution < 1.29 is 17.6 Å². The molecule has 0 atom stereocenters. The zero-order chi connectivity index (χ0) is 15.6. The molecule has 1 saturated carbocycles. The van der Waals surface area contributed by atoms with E-state index in [0.717, 1.165) is 24.8 Å². The zero-order valence-electron chi connectivity index (χ0n) is 11.9. The van der Waals surface area contributed by atoms with Crippen molar-refractivity contribution in [1.82, 2.24) is 5.32 Å². The van der Waals surface area contributed by atoms with Crippen molar-refractivity contribution in [2.75, 3.05) is 6.54 Å². The Hall–Kier alpha value is -1.47. The summed E-state index contributed by atoms with van der Waals surface area (Å²) in [6, 6.07) is 2.30. The van der Waals surface area contributed by atoms with E-state index in [-0.39, 0.29) is 11.1 Å². The second-order valence-electron chi connectivity index (χ2n) is 5.49. The summed E-state index contributed by atoms with van der Waals surface area (Å²) < 4.78 is 36.4. The molecule has 0 saturated heterocycles. The summed E-state index contributed by atoms with van der Waals surface area (Å²) in [6.07, 6.45) is 4.51. The molecule has 0 radical (unpaired) electrons. The Kier molecular flexibility index (Phi) is 4.63. The lowest BCUT2D eigenvalue weighted by atomic mass is 10.1. The molecule has 116 valence electrons. The van der Waals surface area contributed by atoms with E-state index in [4.69, 9.17) is 5.14 Å². The number of sulfonamides is 1. The maximum atomic E-state index is 13.8. The highest BCUT2D eigenvalue weighted by atomic mass is 32.2. The van der Waals surface area contributed by atoms with Gasteiger partial charge in [0.1, 0.15) is 10.7 Å². The summed E-state index contributed by atoms with van der Waals surface area (Å²) in [5, 5.41) is 7.67. The molecule has 1 fully saturated rings. The number of primary sulfonamides is 1. The summed E-state index contributed by atoms with van der Waals surface area (Å²) in [5.41, 5.74) is 0.175. The fourth-order valence-electron chi connectivity index (χ4n) is 2.18. The smallest absolute Gasteiger partial charge is 0.251 e. The third-order valence-electron chi connectivity index (χ3n) is 3.56. The van der Waals surface area contributed by atoms with Crippen molar-refractivity contribution in [2.24, 2.45) is 11.1 Å². The number of aryl methyl sites for hydroxylation is 1. The van der Waals surface area contributed by atoms with Crippen molar-refractivity contribution >= 4 is 15.9 Å². The number of hydrogen-bond donors (Lipinski definition) is 2. The van der Waals surface area contributed by atoms with Gasteiger partial charge in [0.2, 0.25) is 10.0 Å². The summed E-state index contributed by atoms with van der Waals surface area (Å²) >= 11 is 0. The van der Waals surface area contributed by atoms with E-state index in [1.165, 1.54) is 25.8 Å². The fourth-order valence-corrected chi connectivity index (χ4v) is 2.88. The van der Waals surface area contributed by atoms with Gasteiger partial charge in [0.25, 0.3) is 5.91 Å². The van der Waals surface area contributed by atoms with Crippen molar-refractivity contribution in [3.8, 4) is 0 Å². The number of nitrogens with one attached hydrogen (secondary N) is 1. The predicted molar refractivity (Wildman–Crippen MR) is 76.8 cm³/mol. The summed E-state index contributed by atoms with van der Waals surface area (Å²) in [5.74, 6) is -0.537. The van der Waals surface area contributed by atoms with Crippen molar-refractivity contribution in [1.29, 1.82) is 0 Å². The van der Waals surface area contributed by atoms with Gasteiger partial charge in [0.05, 0.1) is 0 Å². The molecule has 1 amide bonds. The molecule has 1 aliphatic rings. The maximum absolute atomic E-state index is 13.8. The van der Waals surface area contributed by atoms with Gasteiger partial charge in [-0.2, -0.15) is 0 Å². The molecule has 1 aliphatic carbocycles. The van der Waals surface area contributed by atoms with Crippen LogP contribution in [0.15, 0.2) is 17.0 Å². The number of benzene rings is 1. The average Bonchev–Trinajstić information content (AvgIpc) is 3.20. The van der Waals surface area contributed by atoms with Crippen molar-refractivity contribution in [2.45, 2.75) is 37.5 Å². The summed E-state index contributed by atoms with van der Waals surface area (Å²) in [4.78, 5) is 11.3. The van der Waals surface area contributed by atoms with Crippen LogP contribution in [0.2, 0.25) is 0 Å². The fraction of sp³-hybridized carbons (Fsp3) is 0.500. The van der Waals surface area contributed by atoms with E-state index in [1.54, 1.807) is 0 Å². The third-order valence-corrected chi connectivity index (χ3v) is 4.47. The van der Waals surface area contributed by atoms with Crippen LogP contribution in [0, 0.1) is 18.7 Å². The van der Waals surface area contributed by atoms with Gasteiger partial charge >= 0.3 is 0 Å². The number of carbonyl (C=O) groups excluding carboxylic acids is 1. The molecule has 1 aromatic rings. The van der Waals surface area contributed by atoms with E-state index >= 15 is 0 Å². The predicted octanol–water partition coefficient (Wildman–Crippen LogP) is 1.70. The normalized spacial score (nSPS) is 15.0. The average molecular weight is 314 g/mol. The largest absolute Gasteiger partial charge is 0.352 e. The van der Waals surface area contributed by atoms with Gasteiger partial charge < -0.3 is 5.32 Å². The molecule has 0 aliphatic heterocycles. The van der Waals surface area contributed by atoms with Crippen LogP contribution in [0.1, 0.15) is 41.6 Å². The minimum absolute atomic E-state index is 0.0738. The minimum Gasteiger partial charge on any atom is -0.352 e. The molecule has 0 spiro atoms. The van der Waals surface area contributed by atoms with Crippen molar-refractivity contribution in [3.05, 3.63) is 29.1 Å². The highest BCUT2D eigenvalue weighted by Gasteiger charge is 2.21. The Labute approximate surface area is 123 Å². The van der Waals surface area contributed by atoms with Crippen LogP contribution in [0.4, 0.5) is 4.39 Å². The van der Waals surface area contributed by atoms with Crippen LogP contribution >= 0.6 is 0 Å². The number of hydrogen-bond acceptors (Lipinski definition) is 3. The van der Waals surface area contributed by atoms with Crippen LogP contribution in [0.5, 0.6) is 0 Å². The molecule has 1 aromatic carbocycles. The number of carbonyl (C=O) groups is 1. The van der Waals surface area contributed by atoms with Gasteiger partial charge in [-0.15, -0.1) is 0 Å². The van der Waals surface area contributed by atoms with Gasteiger partial charge in [-0.05, 0) is 43.4 Å². The van der Waals surface area contributed by atoms with E-state index in [0.29, 0.717) is 6.54 Å². The van der Waals surface area contributed by atoms with Gasteiger partial charge in [0.15, 0.2) is 0 Å². The molecule has 5 nitrogen and oxygen atoms in total. The first-order valence-electron chi connectivity index (χ1n) is 6.90. The number of rotatable bonds is 6. The van der Waals surface area contributed by atoms with Crippen molar-refractivity contribution in [3.63, 3.8) is 0 Å². The van der Waals surface area contributed by atoms with E-state index in [9.17, 15) is 17.6 Å². The zero-order valence-corrected chi connectivity index (χ0v) is 12.7. The van der Waals surface area contributed by atoms with Crippen LogP contribution in [-0.2, 0) is 10.0 Å². The third kappa shape index (κ3) is 4.25. The lowest BCUT2D eigenvalue weighted by Gasteiger charge is -2.09. The molecule has 21 heavy (non-hydrogen) atoms. The molecule has 2 rings (SSSR count). The quantitative estimate of drug-likeness (QED) is 0.783. The number of amides is 1. The monoisotopic (exact) mass is 314 g/mol. The molecule has 3 N–H and O–H groups in total. The van der Waals surface area contributed by atoms with Gasteiger partial charge in [0, 0.05) is 12.1 Å². The Balaban J connectivity index is 2.07. The second-order valence-corrected chi connectivity index (χ2v) is 7.02. The first-order valence-corrected chi connectivity index (χ1v) is 8.45. The first kappa shape index (κ1) is 15.9. The highest BCUT2D eigenvalue weighted by molar-refractivity contribution is 7.89. The van der Waals surface area contributed by atoms with Gasteiger partial charge in [-0.25, -0.2) is 17.9 Å². The molecule has 0 bridgehead atoms. The summed E-state index contributed by atoms with van der Waals surface area (Å²) in [6.45, 7) is 1.92. The minimum atomic E-state index is -4.20. The SMILES string of the molecule is Cc1cc(C(=O)NCCCC2CC2)cc(S(N)(=O)=O)c1F. The standard InChI is InChI=1S/C14H19FN2O3S/c1-9-7-11(8-12(13(9)15)21(16,19)20)14(18)17-6-2-3-10-4-5-10/h7-8,10H,2-6H2,1H3,(H,17,18)(H2,16,19,20). The number of halogens is 1.